The number of aliphatic imine (C=N–C) groups is 1. The second kappa shape index (κ2) is 11.4. The predicted octanol–water partition coefficient (Wildman–Crippen LogP) is 3.50. The third-order valence-corrected chi connectivity index (χ3v) is 4.44. The highest BCUT2D eigenvalue weighted by molar-refractivity contribution is 5.79. The minimum atomic E-state index is -2.90. The number of alkyl halides is 2. The number of guanidine groups is 1. The van der Waals surface area contributed by atoms with Crippen molar-refractivity contribution in [1.29, 1.82) is 0 Å². The van der Waals surface area contributed by atoms with Crippen LogP contribution in [0.25, 0.3) is 0 Å². The average Bonchev–Trinajstić information content (AvgIpc) is 3.01. The Bertz CT molecular complexity index is 839. The van der Waals surface area contributed by atoms with Crippen LogP contribution in [0, 0.1) is 19.8 Å². The summed E-state index contributed by atoms with van der Waals surface area (Å²) < 4.78 is 37.2. The summed E-state index contributed by atoms with van der Waals surface area (Å²) in [6.07, 6.45) is 0. The van der Waals surface area contributed by atoms with Crippen LogP contribution in [-0.2, 0) is 13.1 Å². The second-order valence-electron chi connectivity index (χ2n) is 7.14. The predicted molar refractivity (Wildman–Crippen MR) is 113 cm³/mol. The van der Waals surface area contributed by atoms with Crippen LogP contribution >= 0.6 is 0 Å². The number of halogens is 2. The molecule has 0 aliphatic carbocycles. The van der Waals surface area contributed by atoms with Gasteiger partial charge >= 0.3 is 6.61 Å². The van der Waals surface area contributed by atoms with Gasteiger partial charge in [0.05, 0.1) is 19.3 Å². The molecule has 2 rings (SSSR count). The van der Waals surface area contributed by atoms with Gasteiger partial charge in [-0.05, 0) is 51.0 Å². The lowest BCUT2D eigenvalue weighted by molar-refractivity contribution is -0.0504. The fourth-order valence-corrected chi connectivity index (χ4v) is 3.01. The Labute approximate surface area is 176 Å². The molecule has 0 amide bonds. The van der Waals surface area contributed by atoms with Gasteiger partial charge in [-0.2, -0.15) is 13.9 Å². The Balaban J connectivity index is 2.04. The standard InChI is InChI=1S/C21H31F2N5O2/c1-6-24-21(25-11-14(2)13-28-16(4)9-15(3)27-28)26-12-17-10-18(29-5)7-8-19(17)30-20(22)23/h7-10,14,20H,6,11-13H2,1-5H3,(H2,24,25,26). The first-order valence-corrected chi connectivity index (χ1v) is 9.97. The Morgan fingerprint density at radius 3 is 2.60 bits per heavy atom. The third-order valence-electron chi connectivity index (χ3n) is 4.44. The van der Waals surface area contributed by atoms with E-state index in [0.717, 1.165) is 17.9 Å². The van der Waals surface area contributed by atoms with E-state index in [2.05, 4.69) is 38.5 Å². The highest BCUT2D eigenvalue weighted by Crippen LogP contribution is 2.26. The molecule has 0 bridgehead atoms. The van der Waals surface area contributed by atoms with E-state index >= 15 is 0 Å². The topological polar surface area (TPSA) is 72.7 Å². The number of nitrogens with zero attached hydrogens (tertiary/aromatic N) is 3. The van der Waals surface area contributed by atoms with E-state index in [1.165, 1.54) is 13.2 Å². The molecule has 1 aromatic heterocycles. The van der Waals surface area contributed by atoms with Crippen molar-refractivity contribution in [2.45, 2.75) is 47.4 Å². The summed E-state index contributed by atoms with van der Waals surface area (Å²) in [7, 11) is 1.52. The van der Waals surface area contributed by atoms with Gasteiger partial charge in [-0.15, -0.1) is 0 Å². The van der Waals surface area contributed by atoms with Gasteiger partial charge in [0.15, 0.2) is 5.96 Å². The average molecular weight is 424 g/mol. The molecule has 1 aromatic carbocycles. The van der Waals surface area contributed by atoms with Crippen molar-refractivity contribution in [2.24, 2.45) is 10.9 Å². The van der Waals surface area contributed by atoms with E-state index < -0.39 is 6.61 Å². The number of hydrogen-bond donors (Lipinski definition) is 2. The van der Waals surface area contributed by atoms with Crippen LogP contribution in [0.15, 0.2) is 29.3 Å². The molecule has 0 saturated carbocycles. The zero-order valence-electron chi connectivity index (χ0n) is 18.2. The van der Waals surface area contributed by atoms with Gasteiger partial charge in [-0.3, -0.25) is 4.68 Å². The first kappa shape index (κ1) is 23.4. The molecule has 1 unspecified atom stereocenters. The first-order valence-electron chi connectivity index (χ1n) is 9.97. The van der Waals surface area contributed by atoms with Gasteiger partial charge < -0.3 is 20.1 Å². The maximum atomic E-state index is 12.7. The summed E-state index contributed by atoms with van der Waals surface area (Å²) in [5.74, 6) is 1.55. The van der Waals surface area contributed by atoms with Crippen LogP contribution in [0.3, 0.4) is 0 Å². The van der Waals surface area contributed by atoms with Gasteiger partial charge in [-0.25, -0.2) is 4.99 Å². The zero-order valence-corrected chi connectivity index (χ0v) is 18.2. The molecule has 1 atom stereocenters. The second-order valence-corrected chi connectivity index (χ2v) is 7.14. The van der Waals surface area contributed by atoms with E-state index in [4.69, 9.17) is 4.74 Å². The first-order chi connectivity index (χ1) is 14.3. The van der Waals surface area contributed by atoms with E-state index in [9.17, 15) is 8.78 Å². The summed E-state index contributed by atoms with van der Waals surface area (Å²) in [5, 5.41) is 11.0. The molecule has 0 spiro atoms. The van der Waals surface area contributed by atoms with Crippen molar-refractivity contribution in [1.82, 2.24) is 20.4 Å². The SMILES string of the molecule is CCNC(=NCc1cc(OC)ccc1OC(F)F)NCC(C)Cn1nc(C)cc1C. The van der Waals surface area contributed by atoms with Crippen LogP contribution in [0.4, 0.5) is 8.78 Å². The number of methoxy groups -OCH3 is 1. The normalized spacial score (nSPS) is 12.7. The molecule has 1 heterocycles. The Kier molecular flexibility index (Phi) is 8.89. The van der Waals surface area contributed by atoms with Gasteiger partial charge in [0.1, 0.15) is 11.5 Å². The number of aryl methyl sites for hydroxylation is 2. The zero-order chi connectivity index (χ0) is 22.1. The van der Waals surface area contributed by atoms with Crippen LogP contribution in [0.1, 0.15) is 30.8 Å². The third kappa shape index (κ3) is 7.20. The molecule has 0 radical (unpaired) electrons. The molecule has 0 saturated heterocycles. The van der Waals surface area contributed by atoms with Crippen molar-refractivity contribution in [3.05, 3.63) is 41.2 Å². The minimum absolute atomic E-state index is 0.0864. The highest BCUT2D eigenvalue weighted by Gasteiger charge is 2.12. The van der Waals surface area contributed by atoms with Gasteiger partial charge in [0.25, 0.3) is 0 Å². The largest absolute Gasteiger partial charge is 0.497 e. The van der Waals surface area contributed by atoms with Crippen molar-refractivity contribution >= 4 is 5.96 Å². The van der Waals surface area contributed by atoms with Gasteiger partial charge in [-0.1, -0.05) is 6.92 Å². The lowest BCUT2D eigenvalue weighted by atomic mass is 10.2. The molecule has 0 aliphatic heterocycles. The summed E-state index contributed by atoms with van der Waals surface area (Å²) in [5.41, 5.74) is 2.65. The molecular weight excluding hydrogens is 392 g/mol. The molecule has 9 heteroatoms. The van der Waals surface area contributed by atoms with E-state index in [1.807, 2.05) is 25.5 Å². The molecule has 0 aliphatic rings. The molecule has 30 heavy (non-hydrogen) atoms. The van der Waals surface area contributed by atoms with Crippen molar-refractivity contribution in [2.75, 3.05) is 20.2 Å². The molecule has 0 fully saturated rings. The van der Waals surface area contributed by atoms with E-state index in [1.54, 1.807) is 12.1 Å². The highest BCUT2D eigenvalue weighted by atomic mass is 19.3. The number of hydrogen-bond acceptors (Lipinski definition) is 4. The molecule has 2 aromatic rings. The quantitative estimate of drug-likeness (QED) is 0.452. The summed E-state index contributed by atoms with van der Waals surface area (Å²) in [6.45, 7) is 7.53. The van der Waals surface area contributed by atoms with Crippen molar-refractivity contribution in [3.8, 4) is 11.5 Å². The smallest absolute Gasteiger partial charge is 0.387 e. The number of nitrogens with one attached hydrogen (secondary N) is 2. The maximum absolute atomic E-state index is 12.7. The molecule has 2 N–H and O–H groups in total. The molecule has 7 nitrogen and oxygen atoms in total. The number of ether oxygens (including phenoxy) is 2. The Hall–Kier alpha value is -2.84. The Morgan fingerprint density at radius 2 is 2.00 bits per heavy atom. The number of benzene rings is 1. The molecule has 166 valence electrons. The van der Waals surface area contributed by atoms with Gasteiger partial charge in [0, 0.05) is 30.9 Å². The van der Waals surface area contributed by atoms with Crippen LogP contribution in [0.2, 0.25) is 0 Å². The van der Waals surface area contributed by atoms with Crippen molar-refractivity contribution < 1.29 is 18.3 Å². The number of aromatic nitrogens is 2. The fourth-order valence-electron chi connectivity index (χ4n) is 3.01. The Morgan fingerprint density at radius 1 is 1.23 bits per heavy atom. The maximum Gasteiger partial charge on any atom is 0.387 e. The minimum Gasteiger partial charge on any atom is -0.497 e. The molecular formula is C21H31F2N5O2. The number of rotatable bonds is 10. The lowest BCUT2D eigenvalue weighted by Crippen LogP contribution is -2.40. The summed E-state index contributed by atoms with van der Waals surface area (Å²) in [4.78, 5) is 4.52. The summed E-state index contributed by atoms with van der Waals surface area (Å²) in [6, 6.07) is 6.75. The van der Waals surface area contributed by atoms with Crippen LogP contribution in [0.5, 0.6) is 11.5 Å². The van der Waals surface area contributed by atoms with Crippen LogP contribution < -0.4 is 20.1 Å². The van der Waals surface area contributed by atoms with E-state index in [-0.39, 0.29) is 12.3 Å². The lowest BCUT2D eigenvalue weighted by Gasteiger charge is -2.17. The monoisotopic (exact) mass is 423 g/mol. The van der Waals surface area contributed by atoms with Gasteiger partial charge in [0.2, 0.25) is 0 Å². The van der Waals surface area contributed by atoms with Crippen LogP contribution in [-0.4, -0.2) is 42.6 Å². The van der Waals surface area contributed by atoms with Crippen molar-refractivity contribution in [3.63, 3.8) is 0 Å². The summed E-state index contributed by atoms with van der Waals surface area (Å²) >= 11 is 0. The fraction of sp³-hybridized carbons (Fsp3) is 0.524. The van der Waals surface area contributed by atoms with E-state index in [0.29, 0.717) is 36.3 Å².